The highest BCUT2D eigenvalue weighted by molar-refractivity contribution is 5.69. The van der Waals surface area contributed by atoms with E-state index in [1.165, 1.54) is 0 Å². The summed E-state index contributed by atoms with van der Waals surface area (Å²) < 4.78 is 4.85. The van der Waals surface area contributed by atoms with Gasteiger partial charge in [0.05, 0.1) is 5.69 Å². The molecule has 0 saturated carbocycles. The van der Waals surface area contributed by atoms with Gasteiger partial charge < -0.3 is 9.63 Å². The number of carboxylic acid groups (broad SMARTS) is 1. The molecule has 0 aliphatic carbocycles. The molecule has 0 amide bonds. The first kappa shape index (κ1) is 9.77. The second kappa shape index (κ2) is 4.07. The SMILES string of the molecule is CC(C)Cc1cc(CC(=O)O)on1. The Morgan fingerprint density at radius 2 is 2.38 bits per heavy atom. The molecule has 0 spiro atoms. The highest BCUT2D eigenvalue weighted by Crippen LogP contribution is 2.09. The molecule has 0 bridgehead atoms. The second-order valence-electron chi connectivity index (χ2n) is 3.45. The molecule has 1 aromatic rings. The lowest BCUT2D eigenvalue weighted by molar-refractivity contribution is -0.136. The molecular formula is C9H13NO3. The molecule has 0 aromatic carbocycles. The van der Waals surface area contributed by atoms with Crippen LogP contribution in [0.25, 0.3) is 0 Å². The van der Waals surface area contributed by atoms with E-state index in [2.05, 4.69) is 19.0 Å². The van der Waals surface area contributed by atoms with Crippen molar-refractivity contribution in [1.29, 1.82) is 0 Å². The third kappa shape index (κ3) is 3.27. The average molecular weight is 183 g/mol. The van der Waals surface area contributed by atoms with Crippen LogP contribution in [0.2, 0.25) is 0 Å². The highest BCUT2D eigenvalue weighted by atomic mass is 16.5. The van der Waals surface area contributed by atoms with Gasteiger partial charge >= 0.3 is 5.97 Å². The van der Waals surface area contributed by atoms with Crippen molar-refractivity contribution in [1.82, 2.24) is 5.16 Å². The predicted molar refractivity (Wildman–Crippen MR) is 46.4 cm³/mol. The van der Waals surface area contributed by atoms with Crippen molar-refractivity contribution >= 4 is 5.97 Å². The molecule has 4 nitrogen and oxygen atoms in total. The van der Waals surface area contributed by atoms with Gasteiger partial charge in [-0.2, -0.15) is 0 Å². The zero-order chi connectivity index (χ0) is 9.84. The number of rotatable bonds is 4. The van der Waals surface area contributed by atoms with Crippen molar-refractivity contribution < 1.29 is 14.4 Å². The summed E-state index contributed by atoms with van der Waals surface area (Å²) in [6.07, 6.45) is 0.730. The number of nitrogens with zero attached hydrogens (tertiary/aromatic N) is 1. The van der Waals surface area contributed by atoms with E-state index >= 15 is 0 Å². The van der Waals surface area contributed by atoms with Crippen LogP contribution in [0.15, 0.2) is 10.6 Å². The minimum atomic E-state index is -0.896. The first-order chi connectivity index (χ1) is 6.08. The number of hydrogen-bond donors (Lipinski definition) is 1. The van der Waals surface area contributed by atoms with Crippen LogP contribution >= 0.6 is 0 Å². The molecule has 13 heavy (non-hydrogen) atoms. The average Bonchev–Trinajstić information content (AvgIpc) is 2.33. The lowest BCUT2D eigenvalue weighted by atomic mass is 10.1. The van der Waals surface area contributed by atoms with Gasteiger partial charge in [-0.05, 0) is 12.3 Å². The van der Waals surface area contributed by atoms with E-state index in [0.29, 0.717) is 11.7 Å². The zero-order valence-corrected chi connectivity index (χ0v) is 7.78. The first-order valence-electron chi connectivity index (χ1n) is 4.24. The van der Waals surface area contributed by atoms with Crippen LogP contribution in [0.5, 0.6) is 0 Å². The van der Waals surface area contributed by atoms with Gasteiger partial charge in [0.25, 0.3) is 0 Å². The molecule has 0 saturated heterocycles. The Kier molecular flexibility index (Phi) is 3.06. The minimum Gasteiger partial charge on any atom is -0.481 e. The first-order valence-corrected chi connectivity index (χ1v) is 4.24. The summed E-state index contributed by atoms with van der Waals surface area (Å²) in [5.41, 5.74) is 0.825. The van der Waals surface area contributed by atoms with E-state index in [1.54, 1.807) is 6.07 Å². The topological polar surface area (TPSA) is 63.3 Å². The van der Waals surface area contributed by atoms with E-state index in [1.807, 2.05) is 0 Å². The van der Waals surface area contributed by atoms with Crippen molar-refractivity contribution in [3.8, 4) is 0 Å². The van der Waals surface area contributed by atoms with E-state index in [-0.39, 0.29) is 6.42 Å². The van der Waals surface area contributed by atoms with Crippen molar-refractivity contribution in [2.24, 2.45) is 5.92 Å². The van der Waals surface area contributed by atoms with E-state index in [0.717, 1.165) is 12.1 Å². The monoisotopic (exact) mass is 183 g/mol. The summed E-state index contributed by atoms with van der Waals surface area (Å²) in [5.74, 6) is 0.0261. The van der Waals surface area contributed by atoms with Gasteiger partial charge in [0, 0.05) is 6.07 Å². The van der Waals surface area contributed by atoms with Gasteiger partial charge in [-0.1, -0.05) is 19.0 Å². The van der Waals surface area contributed by atoms with E-state index in [4.69, 9.17) is 9.63 Å². The van der Waals surface area contributed by atoms with Gasteiger partial charge in [-0.15, -0.1) is 0 Å². The van der Waals surface area contributed by atoms with Gasteiger partial charge in [0.15, 0.2) is 0 Å². The van der Waals surface area contributed by atoms with Crippen LogP contribution in [0.4, 0.5) is 0 Å². The van der Waals surface area contributed by atoms with Crippen LogP contribution in [-0.4, -0.2) is 16.2 Å². The normalized spacial score (nSPS) is 10.7. The molecule has 1 aromatic heterocycles. The summed E-state index contributed by atoms with van der Waals surface area (Å²) >= 11 is 0. The van der Waals surface area contributed by atoms with Gasteiger partial charge in [-0.3, -0.25) is 4.79 Å². The molecule has 72 valence electrons. The number of hydrogen-bond acceptors (Lipinski definition) is 3. The maximum absolute atomic E-state index is 10.3. The lowest BCUT2D eigenvalue weighted by Gasteiger charge is -1.96. The maximum atomic E-state index is 10.3. The van der Waals surface area contributed by atoms with Crippen molar-refractivity contribution in [2.75, 3.05) is 0 Å². The quantitative estimate of drug-likeness (QED) is 0.768. The van der Waals surface area contributed by atoms with E-state index in [9.17, 15) is 4.79 Å². The Bertz CT molecular complexity index is 291. The van der Waals surface area contributed by atoms with Crippen LogP contribution in [0.3, 0.4) is 0 Å². The summed E-state index contributed by atoms with van der Waals surface area (Å²) in [7, 11) is 0. The molecule has 4 heteroatoms. The second-order valence-corrected chi connectivity index (χ2v) is 3.45. The summed E-state index contributed by atoms with van der Waals surface area (Å²) in [5, 5.41) is 12.2. The van der Waals surface area contributed by atoms with Gasteiger partial charge in [-0.25, -0.2) is 0 Å². The molecule has 0 radical (unpaired) electrons. The molecule has 0 aliphatic rings. The Hall–Kier alpha value is -1.32. The Morgan fingerprint density at radius 3 is 2.92 bits per heavy atom. The Morgan fingerprint density at radius 1 is 1.69 bits per heavy atom. The Balaban J connectivity index is 2.58. The summed E-state index contributed by atoms with van der Waals surface area (Å²) in [6.45, 7) is 4.15. The number of aromatic nitrogens is 1. The zero-order valence-electron chi connectivity index (χ0n) is 7.78. The maximum Gasteiger partial charge on any atom is 0.311 e. The molecular weight excluding hydrogens is 170 g/mol. The number of aliphatic carboxylic acids is 1. The lowest BCUT2D eigenvalue weighted by Crippen LogP contribution is -1.98. The fourth-order valence-corrected chi connectivity index (χ4v) is 1.10. The third-order valence-electron chi connectivity index (χ3n) is 1.55. The highest BCUT2D eigenvalue weighted by Gasteiger charge is 2.08. The number of carbonyl (C=O) groups is 1. The van der Waals surface area contributed by atoms with Crippen molar-refractivity contribution in [3.63, 3.8) is 0 Å². The standard InChI is InChI=1S/C9H13NO3/c1-6(2)3-7-4-8(13-10-7)5-9(11)12/h4,6H,3,5H2,1-2H3,(H,11,12). The Labute approximate surface area is 76.5 Å². The fourth-order valence-electron chi connectivity index (χ4n) is 1.10. The smallest absolute Gasteiger partial charge is 0.311 e. The largest absolute Gasteiger partial charge is 0.481 e. The van der Waals surface area contributed by atoms with Gasteiger partial charge in [0.2, 0.25) is 0 Å². The summed E-state index contributed by atoms with van der Waals surface area (Å²) in [6, 6.07) is 1.70. The van der Waals surface area contributed by atoms with Crippen LogP contribution in [0.1, 0.15) is 25.3 Å². The van der Waals surface area contributed by atoms with Crippen molar-refractivity contribution in [3.05, 3.63) is 17.5 Å². The molecule has 1 N–H and O–H groups in total. The third-order valence-corrected chi connectivity index (χ3v) is 1.55. The molecule has 0 atom stereocenters. The fraction of sp³-hybridized carbons (Fsp3) is 0.556. The number of carboxylic acids is 1. The molecule has 0 fully saturated rings. The predicted octanol–water partition coefficient (Wildman–Crippen LogP) is 1.50. The molecule has 1 heterocycles. The van der Waals surface area contributed by atoms with Gasteiger partial charge in [0.1, 0.15) is 12.2 Å². The summed E-state index contributed by atoms with van der Waals surface area (Å²) in [4.78, 5) is 10.3. The van der Waals surface area contributed by atoms with Crippen molar-refractivity contribution in [2.45, 2.75) is 26.7 Å². The molecule has 0 unspecified atom stereocenters. The molecule has 1 rings (SSSR count). The van der Waals surface area contributed by atoms with Crippen LogP contribution in [0, 0.1) is 5.92 Å². The molecule has 0 aliphatic heterocycles. The van der Waals surface area contributed by atoms with E-state index < -0.39 is 5.97 Å². The van der Waals surface area contributed by atoms with Crippen LogP contribution < -0.4 is 0 Å². The van der Waals surface area contributed by atoms with Crippen LogP contribution in [-0.2, 0) is 17.6 Å². The minimum absolute atomic E-state index is 0.0922.